The highest BCUT2D eigenvalue weighted by Gasteiger charge is 2.14. The highest BCUT2D eigenvalue weighted by molar-refractivity contribution is 7.98. The van der Waals surface area contributed by atoms with E-state index in [-0.39, 0.29) is 5.92 Å². The summed E-state index contributed by atoms with van der Waals surface area (Å²) in [6, 6.07) is 7.74. The van der Waals surface area contributed by atoms with Gasteiger partial charge in [0.05, 0.1) is 10.8 Å². The first-order valence-corrected chi connectivity index (χ1v) is 7.97. The molecule has 0 fully saturated rings. The summed E-state index contributed by atoms with van der Waals surface area (Å²) in [6.45, 7) is 2.77. The van der Waals surface area contributed by atoms with Crippen LogP contribution in [-0.4, -0.2) is 16.7 Å². The second-order valence-corrected chi connectivity index (χ2v) is 6.02. The highest BCUT2D eigenvalue weighted by atomic mass is 35.5. The van der Waals surface area contributed by atoms with Gasteiger partial charge >= 0.3 is 0 Å². The van der Waals surface area contributed by atoms with Crippen LogP contribution in [0.25, 0.3) is 0 Å². The third-order valence-electron chi connectivity index (χ3n) is 2.94. The molecule has 4 nitrogen and oxygen atoms in total. The average molecular weight is 312 g/mol. The summed E-state index contributed by atoms with van der Waals surface area (Å²) < 4.78 is 5.29. The van der Waals surface area contributed by atoms with Crippen LogP contribution in [0.15, 0.2) is 33.7 Å². The molecule has 1 aromatic heterocycles. The van der Waals surface area contributed by atoms with E-state index >= 15 is 0 Å². The minimum Gasteiger partial charge on any atom is -0.339 e. The van der Waals surface area contributed by atoms with Crippen LogP contribution >= 0.6 is 23.4 Å². The zero-order valence-corrected chi connectivity index (χ0v) is 13.0. The van der Waals surface area contributed by atoms with Crippen LogP contribution < -0.4 is 5.73 Å². The number of halogens is 1. The van der Waals surface area contributed by atoms with E-state index in [1.165, 1.54) is 0 Å². The number of nitrogens with two attached hydrogens (primary N) is 1. The Bertz CT molecular complexity index is 547. The monoisotopic (exact) mass is 311 g/mol. The fourth-order valence-electron chi connectivity index (χ4n) is 1.78. The van der Waals surface area contributed by atoms with E-state index in [0.717, 1.165) is 22.8 Å². The molecular formula is C14H18ClN3OS. The van der Waals surface area contributed by atoms with Gasteiger partial charge in [-0.1, -0.05) is 35.8 Å². The van der Waals surface area contributed by atoms with E-state index in [9.17, 15) is 0 Å². The first-order valence-electron chi connectivity index (χ1n) is 6.60. The maximum absolute atomic E-state index is 6.11. The lowest BCUT2D eigenvalue weighted by Gasteiger charge is -2.03. The van der Waals surface area contributed by atoms with Crippen LogP contribution in [0.5, 0.6) is 0 Å². The van der Waals surface area contributed by atoms with E-state index in [4.69, 9.17) is 21.9 Å². The molecule has 1 heterocycles. The Morgan fingerprint density at radius 3 is 2.95 bits per heavy atom. The third-order valence-corrected chi connectivity index (χ3v) is 4.45. The molecule has 2 rings (SSSR count). The Kier molecular flexibility index (Phi) is 5.88. The van der Waals surface area contributed by atoms with Gasteiger partial charge in [-0.2, -0.15) is 4.98 Å². The first-order chi connectivity index (χ1) is 9.70. The van der Waals surface area contributed by atoms with E-state index in [1.807, 2.05) is 24.3 Å². The van der Waals surface area contributed by atoms with Gasteiger partial charge in [0, 0.05) is 10.8 Å². The maximum Gasteiger partial charge on any atom is 0.229 e. The van der Waals surface area contributed by atoms with Gasteiger partial charge in [0.25, 0.3) is 0 Å². The summed E-state index contributed by atoms with van der Waals surface area (Å²) in [5.74, 6) is 2.29. The topological polar surface area (TPSA) is 64.9 Å². The van der Waals surface area contributed by atoms with Crippen molar-refractivity contribution in [3.05, 3.63) is 41.0 Å². The summed E-state index contributed by atoms with van der Waals surface area (Å²) in [4.78, 5) is 5.45. The molecule has 20 heavy (non-hydrogen) atoms. The van der Waals surface area contributed by atoms with Crippen molar-refractivity contribution in [1.29, 1.82) is 0 Å². The highest BCUT2D eigenvalue weighted by Crippen LogP contribution is 2.29. The Balaban J connectivity index is 1.91. The normalized spacial score (nSPS) is 12.6. The Hall–Kier alpha value is -1.04. The van der Waals surface area contributed by atoms with Crippen molar-refractivity contribution in [3.63, 3.8) is 0 Å². The van der Waals surface area contributed by atoms with Crippen molar-refractivity contribution in [2.24, 2.45) is 5.73 Å². The van der Waals surface area contributed by atoms with Gasteiger partial charge in [0.2, 0.25) is 5.89 Å². The lowest BCUT2D eigenvalue weighted by atomic mass is 10.1. The molecule has 0 aliphatic heterocycles. The summed E-state index contributed by atoms with van der Waals surface area (Å²) in [7, 11) is 0. The molecule has 1 atom stereocenters. The number of aromatic nitrogens is 2. The van der Waals surface area contributed by atoms with Crippen LogP contribution in [0.1, 0.15) is 37.4 Å². The van der Waals surface area contributed by atoms with Gasteiger partial charge in [-0.3, -0.25) is 0 Å². The molecule has 2 N–H and O–H groups in total. The predicted molar refractivity (Wildman–Crippen MR) is 82.0 cm³/mol. The standard InChI is InChI=1S/C14H18ClN3OS/c1-10(5-4-8-16)14-17-13(18-19-14)9-20-12-7-3-2-6-11(12)15/h2-3,6-7,10H,4-5,8-9,16H2,1H3. The fourth-order valence-corrected chi connectivity index (χ4v) is 2.86. The molecule has 0 saturated carbocycles. The number of nitrogens with zero attached hydrogens (tertiary/aromatic N) is 2. The summed E-state index contributed by atoms with van der Waals surface area (Å²) in [5, 5.41) is 4.76. The molecule has 0 bridgehead atoms. The van der Waals surface area contributed by atoms with E-state index in [1.54, 1.807) is 11.8 Å². The van der Waals surface area contributed by atoms with Crippen LogP contribution in [0.2, 0.25) is 5.02 Å². The zero-order valence-electron chi connectivity index (χ0n) is 11.4. The zero-order chi connectivity index (χ0) is 14.4. The number of hydrogen-bond acceptors (Lipinski definition) is 5. The number of benzene rings is 1. The summed E-state index contributed by atoms with van der Waals surface area (Å²) in [5.41, 5.74) is 5.50. The van der Waals surface area contributed by atoms with Crippen LogP contribution in [0, 0.1) is 0 Å². The van der Waals surface area contributed by atoms with Crippen LogP contribution in [0.4, 0.5) is 0 Å². The molecular weight excluding hydrogens is 294 g/mol. The first kappa shape index (κ1) is 15.4. The van der Waals surface area contributed by atoms with Gasteiger partial charge in [-0.05, 0) is 31.5 Å². The van der Waals surface area contributed by atoms with Gasteiger partial charge in [-0.25, -0.2) is 0 Å². The lowest BCUT2D eigenvalue weighted by molar-refractivity contribution is 0.349. The SMILES string of the molecule is CC(CCCN)c1nc(CSc2ccccc2Cl)no1. The summed E-state index contributed by atoms with van der Waals surface area (Å²) >= 11 is 7.71. The summed E-state index contributed by atoms with van der Waals surface area (Å²) in [6.07, 6.45) is 1.93. The van der Waals surface area contributed by atoms with Crippen molar-refractivity contribution in [1.82, 2.24) is 10.1 Å². The molecule has 1 aromatic carbocycles. The maximum atomic E-state index is 6.11. The minimum atomic E-state index is 0.255. The van der Waals surface area contributed by atoms with Gasteiger partial charge < -0.3 is 10.3 Å². The molecule has 108 valence electrons. The van der Waals surface area contributed by atoms with Crippen molar-refractivity contribution in [2.45, 2.75) is 36.3 Å². The second kappa shape index (κ2) is 7.67. The van der Waals surface area contributed by atoms with Gasteiger partial charge in [0.1, 0.15) is 0 Å². The van der Waals surface area contributed by atoms with Crippen molar-refractivity contribution >= 4 is 23.4 Å². The fraction of sp³-hybridized carbons (Fsp3) is 0.429. The largest absolute Gasteiger partial charge is 0.339 e. The smallest absolute Gasteiger partial charge is 0.229 e. The molecule has 0 saturated heterocycles. The molecule has 0 aliphatic carbocycles. The lowest BCUT2D eigenvalue weighted by Crippen LogP contribution is -2.02. The second-order valence-electron chi connectivity index (χ2n) is 4.60. The van der Waals surface area contributed by atoms with Crippen molar-refractivity contribution in [3.8, 4) is 0 Å². The molecule has 0 radical (unpaired) electrons. The molecule has 6 heteroatoms. The van der Waals surface area contributed by atoms with Crippen LogP contribution in [-0.2, 0) is 5.75 Å². The van der Waals surface area contributed by atoms with E-state index in [2.05, 4.69) is 17.1 Å². The number of thioether (sulfide) groups is 1. The quantitative estimate of drug-likeness (QED) is 0.787. The number of rotatable bonds is 7. The molecule has 0 aliphatic rings. The van der Waals surface area contributed by atoms with Crippen molar-refractivity contribution < 1.29 is 4.52 Å². The Morgan fingerprint density at radius 2 is 2.20 bits per heavy atom. The van der Waals surface area contributed by atoms with Gasteiger partial charge in [-0.15, -0.1) is 11.8 Å². The van der Waals surface area contributed by atoms with E-state index in [0.29, 0.717) is 24.0 Å². The molecule has 0 spiro atoms. The minimum absolute atomic E-state index is 0.255. The third kappa shape index (κ3) is 4.23. The molecule has 0 amide bonds. The predicted octanol–water partition coefficient (Wildman–Crippen LogP) is 3.86. The van der Waals surface area contributed by atoms with Crippen LogP contribution in [0.3, 0.4) is 0 Å². The molecule has 1 unspecified atom stereocenters. The Labute approximate surface area is 128 Å². The molecule has 2 aromatic rings. The van der Waals surface area contributed by atoms with Crippen molar-refractivity contribution in [2.75, 3.05) is 6.54 Å². The van der Waals surface area contributed by atoms with Gasteiger partial charge in [0.15, 0.2) is 5.82 Å². The van der Waals surface area contributed by atoms with E-state index < -0.39 is 0 Å². The number of hydrogen-bond donors (Lipinski definition) is 1. The Morgan fingerprint density at radius 1 is 1.40 bits per heavy atom. The average Bonchev–Trinajstić information content (AvgIpc) is 2.93.